The Bertz CT molecular complexity index is 886. The predicted molar refractivity (Wildman–Crippen MR) is 108 cm³/mol. The van der Waals surface area contributed by atoms with E-state index in [-0.39, 0.29) is 5.91 Å². The zero-order valence-corrected chi connectivity index (χ0v) is 15.7. The molecule has 0 spiro atoms. The molecule has 0 aliphatic carbocycles. The fourth-order valence-electron chi connectivity index (χ4n) is 2.74. The van der Waals surface area contributed by atoms with E-state index in [0.717, 1.165) is 21.8 Å². The van der Waals surface area contributed by atoms with Gasteiger partial charge in [-0.1, -0.05) is 54.6 Å². The minimum absolute atomic E-state index is 0.0180. The van der Waals surface area contributed by atoms with Crippen LogP contribution in [0.4, 0.5) is 0 Å². The van der Waals surface area contributed by atoms with Gasteiger partial charge >= 0.3 is 0 Å². The zero-order chi connectivity index (χ0) is 18.4. The van der Waals surface area contributed by atoms with Gasteiger partial charge in [-0.05, 0) is 29.2 Å². The lowest BCUT2D eigenvalue weighted by molar-refractivity contribution is -0.124. The number of para-hydroxylation sites is 1. The lowest BCUT2D eigenvalue weighted by Gasteiger charge is -2.19. The van der Waals surface area contributed by atoms with Crippen molar-refractivity contribution in [2.24, 2.45) is 0 Å². The summed E-state index contributed by atoms with van der Waals surface area (Å²) in [4.78, 5) is 16.1. The highest BCUT2D eigenvalue weighted by Crippen LogP contribution is 2.26. The Kier molecular flexibility index (Phi) is 5.87. The monoisotopic (exact) mass is 363 g/mol. The molecular formula is C22H21NO2S. The molecule has 26 heavy (non-hydrogen) atoms. The second-order valence-electron chi connectivity index (χ2n) is 5.91. The van der Waals surface area contributed by atoms with Crippen LogP contribution < -0.4 is 4.74 Å². The summed E-state index contributed by atoms with van der Waals surface area (Å²) >= 11 is 1.65. The minimum atomic E-state index is -0.0180. The lowest BCUT2D eigenvalue weighted by Crippen LogP contribution is -2.26. The average Bonchev–Trinajstić information content (AvgIpc) is 3.19. The highest BCUT2D eigenvalue weighted by molar-refractivity contribution is 7.09. The van der Waals surface area contributed by atoms with E-state index in [4.69, 9.17) is 4.74 Å². The fraction of sp³-hybridized carbons (Fsp3) is 0.136. The molecule has 3 nitrogen and oxygen atoms in total. The maximum absolute atomic E-state index is 13.2. The van der Waals surface area contributed by atoms with Gasteiger partial charge in [-0.2, -0.15) is 0 Å². The molecule has 0 saturated heterocycles. The molecule has 3 aromatic rings. The SMILES string of the molecule is COc1ccccc1/C=C(/C(=O)N(C)Cc1cccs1)c1ccccc1. The predicted octanol–water partition coefficient (Wildman–Crippen LogP) is 4.96. The number of carbonyl (C=O) groups is 1. The summed E-state index contributed by atoms with van der Waals surface area (Å²) in [6.45, 7) is 0.590. The third kappa shape index (κ3) is 4.21. The molecule has 0 unspecified atom stereocenters. The molecule has 1 amide bonds. The van der Waals surface area contributed by atoms with Crippen molar-refractivity contribution in [3.63, 3.8) is 0 Å². The van der Waals surface area contributed by atoms with Crippen molar-refractivity contribution in [3.05, 3.63) is 88.1 Å². The molecule has 0 aliphatic rings. The molecule has 0 bridgehead atoms. The van der Waals surface area contributed by atoms with E-state index >= 15 is 0 Å². The van der Waals surface area contributed by atoms with Crippen LogP contribution in [0.3, 0.4) is 0 Å². The van der Waals surface area contributed by atoms with Crippen LogP contribution in [-0.4, -0.2) is 25.0 Å². The topological polar surface area (TPSA) is 29.5 Å². The van der Waals surface area contributed by atoms with Crippen LogP contribution in [0, 0.1) is 0 Å². The van der Waals surface area contributed by atoms with E-state index in [9.17, 15) is 4.79 Å². The molecular weight excluding hydrogens is 342 g/mol. The lowest BCUT2D eigenvalue weighted by atomic mass is 10.0. The summed E-state index contributed by atoms with van der Waals surface area (Å²) in [7, 11) is 3.47. The van der Waals surface area contributed by atoms with Gasteiger partial charge < -0.3 is 9.64 Å². The number of carbonyl (C=O) groups excluding carboxylic acids is 1. The number of hydrogen-bond donors (Lipinski definition) is 0. The summed E-state index contributed by atoms with van der Waals surface area (Å²) in [6.07, 6.45) is 1.90. The first-order valence-corrected chi connectivity index (χ1v) is 9.25. The van der Waals surface area contributed by atoms with Crippen molar-refractivity contribution in [2.45, 2.75) is 6.54 Å². The van der Waals surface area contributed by atoms with Gasteiger partial charge in [0.2, 0.25) is 0 Å². The Labute approximate surface area is 158 Å². The number of nitrogens with zero attached hydrogens (tertiary/aromatic N) is 1. The number of methoxy groups -OCH3 is 1. The largest absolute Gasteiger partial charge is 0.496 e. The summed E-state index contributed by atoms with van der Waals surface area (Å²) < 4.78 is 5.44. The van der Waals surface area contributed by atoms with Gasteiger partial charge in [0.25, 0.3) is 5.91 Å². The molecule has 1 aromatic heterocycles. The van der Waals surface area contributed by atoms with E-state index in [0.29, 0.717) is 12.1 Å². The second kappa shape index (κ2) is 8.50. The summed E-state index contributed by atoms with van der Waals surface area (Å²) in [5.41, 5.74) is 2.42. The van der Waals surface area contributed by atoms with Crippen LogP contribution >= 0.6 is 11.3 Å². The van der Waals surface area contributed by atoms with Crippen molar-refractivity contribution in [1.82, 2.24) is 4.90 Å². The number of likely N-dealkylation sites (N-methyl/N-ethyl adjacent to an activating group) is 1. The molecule has 3 rings (SSSR count). The first-order valence-electron chi connectivity index (χ1n) is 8.37. The van der Waals surface area contributed by atoms with E-state index in [1.165, 1.54) is 0 Å². The van der Waals surface area contributed by atoms with Gasteiger partial charge in [0, 0.05) is 23.1 Å². The Morgan fingerprint density at radius 3 is 2.46 bits per heavy atom. The molecule has 1 heterocycles. The minimum Gasteiger partial charge on any atom is -0.496 e. The molecule has 0 fully saturated rings. The molecule has 132 valence electrons. The Hall–Kier alpha value is -2.85. The molecule has 2 aromatic carbocycles. The maximum atomic E-state index is 13.2. The van der Waals surface area contributed by atoms with Gasteiger partial charge in [0.05, 0.1) is 13.7 Å². The summed E-state index contributed by atoms with van der Waals surface area (Å²) in [5.74, 6) is 0.727. The molecule has 0 aliphatic heterocycles. The third-order valence-electron chi connectivity index (χ3n) is 4.07. The molecule has 4 heteroatoms. The van der Waals surface area contributed by atoms with Gasteiger partial charge in [-0.3, -0.25) is 4.79 Å². The number of hydrogen-bond acceptors (Lipinski definition) is 3. The number of rotatable bonds is 6. The van der Waals surface area contributed by atoms with Crippen molar-refractivity contribution in [2.75, 3.05) is 14.2 Å². The molecule has 0 saturated carbocycles. The Balaban J connectivity index is 1.98. The van der Waals surface area contributed by atoms with Crippen molar-refractivity contribution < 1.29 is 9.53 Å². The van der Waals surface area contributed by atoms with Gasteiger partial charge in [-0.25, -0.2) is 0 Å². The number of amides is 1. The standard InChI is InChI=1S/C22H21NO2S/c1-23(16-19-12-8-14-26-19)22(24)20(17-9-4-3-5-10-17)15-18-11-6-7-13-21(18)25-2/h3-15H,16H2,1-2H3/b20-15+. The summed E-state index contributed by atoms with van der Waals surface area (Å²) in [6, 6.07) is 21.5. The van der Waals surface area contributed by atoms with Crippen molar-refractivity contribution in [1.29, 1.82) is 0 Å². The third-order valence-corrected chi connectivity index (χ3v) is 4.93. The second-order valence-corrected chi connectivity index (χ2v) is 6.94. The normalized spacial score (nSPS) is 11.2. The zero-order valence-electron chi connectivity index (χ0n) is 14.9. The number of benzene rings is 2. The quantitative estimate of drug-likeness (QED) is 0.458. The summed E-state index contributed by atoms with van der Waals surface area (Å²) in [5, 5.41) is 2.02. The van der Waals surface area contributed by atoms with Crippen LogP contribution in [0.2, 0.25) is 0 Å². The van der Waals surface area contributed by atoms with E-state index in [1.54, 1.807) is 23.3 Å². The van der Waals surface area contributed by atoms with E-state index in [1.807, 2.05) is 85.2 Å². The average molecular weight is 363 g/mol. The van der Waals surface area contributed by atoms with Crippen molar-refractivity contribution >= 4 is 28.9 Å². The van der Waals surface area contributed by atoms with Crippen LogP contribution in [0.1, 0.15) is 16.0 Å². The van der Waals surface area contributed by atoms with E-state index < -0.39 is 0 Å². The first-order chi connectivity index (χ1) is 12.7. The highest BCUT2D eigenvalue weighted by atomic mass is 32.1. The van der Waals surface area contributed by atoms with Gasteiger partial charge in [-0.15, -0.1) is 11.3 Å². The van der Waals surface area contributed by atoms with Crippen LogP contribution in [-0.2, 0) is 11.3 Å². The van der Waals surface area contributed by atoms with Crippen LogP contribution in [0.15, 0.2) is 72.1 Å². The van der Waals surface area contributed by atoms with Crippen molar-refractivity contribution in [3.8, 4) is 5.75 Å². The van der Waals surface area contributed by atoms with Gasteiger partial charge in [0.15, 0.2) is 0 Å². The van der Waals surface area contributed by atoms with Crippen LogP contribution in [0.5, 0.6) is 5.75 Å². The Morgan fingerprint density at radius 2 is 1.77 bits per heavy atom. The van der Waals surface area contributed by atoms with E-state index in [2.05, 4.69) is 0 Å². The first kappa shape index (κ1) is 18.0. The Morgan fingerprint density at radius 1 is 1.04 bits per heavy atom. The molecule has 0 atom stereocenters. The number of thiophene rings is 1. The highest BCUT2D eigenvalue weighted by Gasteiger charge is 2.18. The molecule has 0 radical (unpaired) electrons. The molecule has 0 N–H and O–H groups in total. The van der Waals surface area contributed by atoms with Crippen LogP contribution in [0.25, 0.3) is 11.6 Å². The van der Waals surface area contributed by atoms with Gasteiger partial charge in [0.1, 0.15) is 5.75 Å². The smallest absolute Gasteiger partial charge is 0.254 e. The maximum Gasteiger partial charge on any atom is 0.254 e. The number of ether oxygens (including phenoxy) is 1. The fourth-order valence-corrected chi connectivity index (χ4v) is 3.50.